The third-order valence-electron chi connectivity index (χ3n) is 2.24. The molecule has 0 amide bonds. The standard InChI is InChI=1S/C10H11BrN4O2S/c1-6-3-8(4-13-10(6)11)15-18(16,17)9-5-12-7(2)14-9/h3-5,15H,1-2H3,(H,12,14). The molecule has 0 aliphatic heterocycles. The molecule has 2 aromatic rings. The van der Waals surface area contributed by atoms with Crippen LogP contribution in [0.15, 0.2) is 28.1 Å². The molecule has 0 aromatic carbocycles. The Balaban J connectivity index is 2.30. The molecule has 96 valence electrons. The molecule has 8 heteroatoms. The van der Waals surface area contributed by atoms with Crippen LogP contribution in [0.25, 0.3) is 0 Å². The van der Waals surface area contributed by atoms with Gasteiger partial charge in [-0.25, -0.2) is 9.97 Å². The van der Waals surface area contributed by atoms with Crippen LogP contribution in [0.5, 0.6) is 0 Å². The second-order valence-corrected chi connectivity index (χ2v) is 6.17. The molecule has 0 bridgehead atoms. The monoisotopic (exact) mass is 330 g/mol. The van der Waals surface area contributed by atoms with Crippen molar-refractivity contribution in [1.82, 2.24) is 15.0 Å². The summed E-state index contributed by atoms with van der Waals surface area (Å²) < 4.78 is 27.1. The van der Waals surface area contributed by atoms with Crippen LogP contribution in [0.4, 0.5) is 5.69 Å². The van der Waals surface area contributed by atoms with Gasteiger partial charge in [-0.1, -0.05) is 0 Å². The van der Waals surface area contributed by atoms with E-state index >= 15 is 0 Å². The van der Waals surface area contributed by atoms with Gasteiger partial charge < -0.3 is 4.98 Å². The SMILES string of the molecule is Cc1ncc(S(=O)(=O)Nc2cnc(Br)c(C)c2)[nH]1. The number of pyridine rings is 1. The van der Waals surface area contributed by atoms with Crippen molar-refractivity contribution in [1.29, 1.82) is 0 Å². The van der Waals surface area contributed by atoms with Crippen LogP contribution in [0.2, 0.25) is 0 Å². The van der Waals surface area contributed by atoms with Crippen LogP contribution in [0.3, 0.4) is 0 Å². The maximum Gasteiger partial charge on any atom is 0.279 e. The maximum absolute atomic E-state index is 12.0. The van der Waals surface area contributed by atoms with E-state index in [1.807, 2.05) is 6.92 Å². The molecule has 2 aromatic heterocycles. The van der Waals surface area contributed by atoms with Gasteiger partial charge in [-0.2, -0.15) is 8.42 Å². The summed E-state index contributed by atoms with van der Waals surface area (Å²) in [5, 5.41) is 0.0283. The van der Waals surface area contributed by atoms with Gasteiger partial charge in [0.05, 0.1) is 18.1 Å². The molecule has 18 heavy (non-hydrogen) atoms. The van der Waals surface area contributed by atoms with E-state index in [4.69, 9.17) is 0 Å². The summed E-state index contributed by atoms with van der Waals surface area (Å²) in [6.45, 7) is 3.51. The predicted octanol–water partition coefficient (Wildman–Crippen LogP) is 1.98. The fourth-order valence-electron chi connectivity index (χ4n) is 1.36. The molecule has 0 saturated carbocycles. The number of aryl methyl sites for hydroxylation is 2. The Hall–Kier alpha value is -1.41. The molecular formula is C10H11BrN4O2S. The Morgan fingerprint density at radius 1 is 1.28 bits per heavy atom. The number of nitrogens with one attached hydrogen (secondary N) is 2. The van der Waals surface area contributed by atoms with Crippen LogP contribution >= 0.6 is 15.9 Å². The van der Waals surface area contributed by atoms with Gasteiger partial charge in [0, 0.05) is 0 Å². The first kappa shape index (κ1) is 13.0. The quantitative estimate of drug-likeness (QED) is 0.842. The number of halogens is 1. The van der Waals surface area contributed by atoms with E-state index < -0.39 is 10.0 Å². The molecule has 6 nitrogen and oxygen atoms in total. The number of sulfonamides is 1. The highest BCUT2D eigenvalue weighted by Gasteiger charge is 2.17. The van der Waals surface area contributed by atoms with Gasteiger partial charge in [0.25, 0.3) is 10.0 Å². The molecule has 0 fully saturated rings. The smallest absolute Gasteiger partial charge is 0.279 e. The van der Waals surface area contributed by atoms with Gasteiger partial charge in [-0.3, -0.25) is 4.72 Å². The third-order valence-corrected chi connectivity index (χ3v) is 4.36. The van der Waals surface area contributed by atoms with Gasteiger partial charge in [0.15, 0.2) is 5.03 Å². The molecule has 0 aliphatic carbocycles. The normalized spacial score (nSPS) is 11.5. The van der Waals surface area contributed by atoms with E-state index in [1.54, 1.807) is 13.0 Å². The zero-order valence-electron chi connectivity index (χ0n) is 9.73. The van der Waals surface area contributed by atoms with Gasteiger partial charge in [-0.15, -0.1) is 0 Å². The number of aromatic nitrogens is 3. The van der Waals surface area contributed by atoms with Gasteiger partial charge >= 0.3 is 0 Å². The molecule has 2 rings (SSSR count). The Morgan fingerprint density at radius 2 is 2.00 bits per heavy atom. The van der Waals surface area contributed by atoms with Crippen LogP contribution in [-0.2, 0) is 10.0 Å². The minimum Gasteiger partial charge on any atom is -0.332 e. The van der Waals surface area contributed by atoms with Gasteiger partial charge in [-0.05, 0) is 41.4 Å². The topological polar surface area (TPSA) is 87.7 Å². The molecule has 0 aliphatic rings. The minimum absolute atomic E-state index is 0.0283. The zero-order chi connectivity index (χ0) is 13.3. The lowest BCUT2D eigenvalue weighted by molar-refractivity contribution is 0.598. The van der Waals surface area contributed by atoms with E-state index in [9.17, 15) is 8.42 Å². The van der Waals surface area contributed by atoms with Crippen LogP contribution in [0.1, 0.15) is 11.4 Å². The first-order valence-electron chi connectivity index (χ1n) is 5.05. The maximum atomic E-state index is 12.0. The summed E-state index contributed by atoms with van der Waals surface area (Å²) in [7, 11) is -3.65. The summed E-state index contributed by atoms with van der Waals surface area (Å²) in [5.41, 5.74) is 1.25. The van der Waals surface area contributed by atoms with E-state index in [2.05, 4.69) is 35.6 Å². The highest BCUT2D eigenvalue weighted by Crippen LogP contribution is 2.19. The van der Waals surface area contributed by atoms with Crippen molar-refractivity contribution in [2.24, 2.45) is 0 Å². The number of rotatable bonds is 3. The predicted molar refractivity (Wildman–Crippen MR) is 70.8 cm³/mol. The number of imidazole rings is 1. The van der Waals surface area contributed by atoms with Crippen molar-refractivity contribution in [3.8, 4) is 0 Å². The summed E-state index contributed by atoms with van der Waals surface area (Å²) in [4.78, 5) is 10.6. The highest BCUT2D eigenvalue weighted by atomic mass is 79.9. The molecule has 0 spiro atoms. The summed E-state index contributed by atoms with van der Waals surface area (Å²) in [5.74, 6) is 0.542. The van der Waals surface area contributed by atoms with Crippen molar-refractivity contribution >= 4 is 31.6 Å². The number of anilines is 1. The summed E-state index contributed by atoms with van der Waals surface area (Å²) in [6.07, 6.45) is 2.72. The van der Waals surface area contributed by atoms with E-state index in [1.165, 1.54) is 12.4 Å². The van der Waals surface area contributed by atoms with Crippen LogP contribution in [-0.4, -0.2) is 23.4 Å². The molecular weight excluding hydrogens is 320 g/mol. The van der Waals surface area contributed by atoms with Crippen molar-refractivity contribution in [3.05, 3.63) is 34.5 Å². The first-order valence-corrected chi connectivity index (χ1v) is 7.33. The second kappa shape index (κ2) is 4.69. The van der Waals surface area contributed by atoms with Gasteiger partial charge in [0.2, 0.25) is 0 Å². The number of hydrogen-bond donors (Lipinski definition) is 2. The van der Waals surface area contributed by atoms with E-state index in [0.717, 1.165) is 5.56 Å². The molecule has 0 radical (unpaired) electrons. The van der Waals surface area contributed by atoms with E-state index in [0.29, 0.717) is 16.1 Å². The Morgan fingerprint density at radius 3 is 2.56 bits per heavy atom. The van der Waals surface area contributed by atoms with Crippen molar-refractivity contribution in [3.63, 3.8) is 0 Å². The fraction of sp³-hybridized carbons (Fsp3) is 0.200. The summed E-state index contributed by atoms with van der Waals surface area (Å²) in [6, 6.07) is 1.69. The lowest BCUT2D eigenvalue weighted by atomic mass is 10.3. The first-order chi connectivity index (χ1) is 8.38. The fourth-order valence-corrected chi connectivity index (χ4v) is 2.58. The Bertz CT molecular complexity index is 681. The van der Waals surface area contributed by atoms with Crippen molar-refractivity contribution < 1.29 is 8.42 Å². The average molecular weight is 331 g/mol. The Kier molecular flexibility index (Phi) is 3.40. The minimum atomic E-state index is -3.65. The number of hydrogen-bond acceptors (Lipinski definition) is 4. The number of H-pyrrole nitrogens is 1. The molecule has 2 N–H and O–H groups in total. The molecule has 0 atom stereocenters. The van der Waals surface area contributed by atoms with Crippen molar-refractivity contribution in [2.75, 3.05) is 4.72 Å². The largest absolute Gasteiger partial charge is 0.332 e. The average Bonchev–Trinajstić information content (AvgIpc) is 2.71. The summed E-state index contributed by atoms with van der Waals surface area (Å²) >= 11 is 3.25. The van der Waals surface area contributed by atoms with Gasteiger partial charge in [0.1, 0.15) is 10.4 Å². The number of nitrogens with zero attached hydrogens (tertiary/aromatic N) is 2. The molecule has 0 unspecified atom stereocenters. The lowest BCUT2D eigenvalue weighted by Gasteiger charge is -2.07. The second-order valence-electron chi connectivity index (χ2n) is 3.77. The lowest BCUT2D eigenvalue weighted by Crippen LogP contribution is -2.13. The zero-order valence-corrected chi connectivity index (χ0v) is 12.1. The number of aromatic amines is 1. The third kappa shape index (κ3) is 2.70. The molecule has 2 heterocycles. The van der Waals surface area contributed by atoms with Crippen LogP contribution in [0, 0.1) is 13.8 Å². The molecule has 0 saturated heterocycles. The highest BCUT2D eigenvalue weighted by molar-refractivity contribution is 9.10. The van der Waals surface area contributed by atoms with Crippen molar-refractivity contribution in [2.45, 2.75) is 18.9 Å². The van der Waals surface area contributed by atoms with Crippen LogP contribution < -0.4 is 4.72 Å². The Labute approximate surface area is 113 Å². The van der Waals surface area contributed by atoms with E-state index in [-0.39, 0.29) is 5.03 Å².